The van der Waals surface area contributed by atoms with Gasteiger partial charge in [-0.2, -0.15) is 0 Å². The summed E-state index contributed by atoms with van der Waals surface area (Å²) in [5.74, 6) is -0.722. The summed E-state index contributed by atoms with van der Waals surface area (Å²) in [5.41, 5.74) is 1.26. The van der Waals surface area contributed by atoms with Gasteiger partial charge in [-0.3, -0.25) is 9.69 Å². The highest BCUT2D eigenvalue weighted by Crippen LogP contribution is 2.09. The van der Waals surface area contributed by atoms with Crippen molar-refractivity contribution in [3.63, 3.8) is 0 Å². The Balaban J connectivity index is 2.39. The Morgan fingerprint density at radius 1 is 1.38 bits per heavy atom. The molecular formula is C13H19NO2. The zero-order chi connectivity index (χ0) is 12.0. The van der Waals surface area contributed by atoms with Gasteiger partial charge in [-0.15, -0.1) is 0 Å². The Labute approximate surface area is 96.7 Å². The van der Waals surface area contributed by atoms with Crippen LogP contribution in [-0.2, 0) is 11.3 Å². The molecule has 0 heterocycles. The van der Waals surface area contributed by atoms with Gasteiger partial charge in [-0.05, 0) is 26.0 Å². The molecule has 0 aliphatic rings. The van der Waals surface area contributed by atoms with Crippen LogP contribution in [0.25, 0.3) is 0 Å². The van der Waals surface area contributed by atoms with E-state index in [0.717, 1.165) is 6.54 Å². The normalized spacial score (nSPS) is 12.7. The average Bonchev–Trinajstić information content (AvgIpc) is 2.27. The standard InChI is InChI=1S/C13H19NO2/c1-11(8-9-13(15)16)14(2)10-12-6-4-3-5-7-12/h3-7,11H,8-10H2,1-2H3,(H,15,16). The van der Waals surface area contributed by atoms with Gasteiger partial charge in [-0.25, -0.2) is 0 Å². The minimum absolute atomic E-state index is 0.236. The molecule has 1 unspecified atom stereocenters. The molecule has 1 aromatic rings. The third kappa shape index (κ3) is 4.45. The Kier molecular flexibility index (Phi) is 4.99. The van der Waals surface area contributed by atoms with Crippen LogP contribution < -0.4 is 0 Å². The van der Waals surface area contributed by atoms with E-state index in [0.29, 0.717) is 6.42 Å². The van der Waals surface area contributed by atoms with Crippen molar-refractivity contribution in [3.05, 3.63) is 35.9 Å². The van der Waals surface area contributed by atoms with Crippen LogP contribution in [0.2, 0.25) is 0 Å². The van der Waals surface area contributed by atoms with E-state index in [1.807, 2.05) is 25.2 Å². The summed E-state index contributed by atoms with van der Waals surface area (Å²) >= 11 is 0. The minimum Gasteiger partial charge on any atom is -0.481 e. The van der Waals surface area contributed by atoms with Crippen LogP contribution in [0.5, 0.6) is 0 Å². The fraction of sp³-hybridized carbons (Fsp3) is 0.462. The Morgan fingerprint density at radius 3 is 2.56 bits per heavy atom. The van der Waals surface area contributed by atoms with Gasteiger partial charge in [0.05, 0.1) is 0 Å². The number of hydrogen-bond acceptors (Lipinski definition) is 2. The largest absolute Gasteiger partial charge is 0.481 e. The number of carboxylic acid groups (broad SMARTS) is 1. The second-order valence-corrected chi connectivity index (χ2v) is 4.18. The molecule has 0 amide bonds. The van der Waals surface area contributed by atoms with Crippen molar-refractivity contribution < 1.29 is 9.90 Å². The van der Waals surface area contributed by atoms with Gasteiger partial charge in [-0.1, -0.05) is 30.3 Å². The van der Waals surface area contributed by atoms with Crippen LogP contribution in [0.4, 0.5) is 0 Å². The highest BCUT2D eigenvalue weighted by Gasteiger charge is 2.10. The molecule has 0 bridgehead atoms. The van der Waals surface area contributed by atoms with Crippen molar-refractivity contribution in [1.82, 2.24) is 4.90 Å². The van der Waals surface area contributed by atoms with Gasteiger partial charge in [0.15, 0.2) is 0 Å². The van der Waals surface area contributed by atoms with Crippen molar-refractivity contribution >= 4 is 5.97 Å². The van der Waals surface area contributed by atoms with Crippen molar-refractivity contribution in [2.45, 2.75) is 32.4 Å². The van der Waals surface area contributed by atoms with E-state index in [4.69, 9.17) is 5.11 Å². The van der Waals surface area contributed by atoms with Gasteiger partial charge in [0, 0.05) is 19.0 Å². The van der Waals surface area contributed by atoms with Gasteiger partial charge in [0.2, 0.25) is 0 Å². The molecule has 16 heavy (non-hydrogen) atoms. The maximum Gasteiger partial charge on any atom is 0.303 e. The molecule has 0 spiro atoms. The summed E-state index contributed by atoms with van der Waals surface area (Å²) in [6.45, 7) is 2.92. The Morgan fingerprint density at radius 2 is 2.00 bits per heavy atom. The summed E-state index contributed by atoms with van der Waals surface area (Å²) in [6.07, 6.45) is 0.930. The van der Waals surface area contributed by atoms with E-state index in [-0.39, 0.29) is 12.5 Å². The predicted molar refractivity (Wildman–Crippen MR) is 64.2 cm³/mol. The van der Waals surface area contributed by atoms with Crippen LogP contribution in [-0.4, -0.2) is 29.1 Å². The first-order valence-corrected chi connectivity index (χ1v) is 5.55. The minimum atomic E-state index is -0.722. The SMILES string of the molecule is CC(CCC(=O)O)N(C)Cc1ccccc1. The smallest absolute Gasteiger partial charge is 0.303 e. The van der Waals surface area contributed by atoms with Crippen molar-refractivity contribution in [1.29, 1.82) is 0 Å². The quantitative estimate of drug-likeness (QED) is 0.801. The molecular weight excluding hydrogens is 202 g/mol. The lowest BCUT2D eigenvalue weighted by Gasteiger charge is -2.24. The lowest BCUT2D eigenvalue weighted by Crippen LogP contribution is -2.29. The maximum atomic E-state index is 10.5. The monoisotopic (exact) mass is 221 g/mol. The molecule has 3 heteroatoms. The van der Waals surface area contributed by atoms with Crippen LogP contribution in [0.1, 0.15) is 25.3 Å². The summed E-state index contributed by atoms with van der Waals surface area (Å²) in [4.78, 5) is 12.6. The van der Waals surface area contributed by atoms with Crippen molar-refractivity contribution in [2.24, 2.45) is 0 Å². The number of nitrogens with zero attached hydrogens (tertiary/aromatic N) is 1. The molecule has 1 N–H and O–H groups in total. The Hall–Kier alpha value is -1.35. The fourth-order valence-corrected chi connectivity index (χ4v) is 1.58. The molecule has 0 aliphatic carbocycles. The lowest BCUT2D eigenvalue weighted by atomic mass is 10.1. The van der Waals surface area contributed by atoms with E-state index in [1.165, 1.54) is 5.56 Å². The number of aliphatic carboxylic acids is 1. The number of carboxylic acids is 1. The maximum absolute atomic E-state index is 10.5. The first-order chi connectivity index (χ1) is 7.59. The molecule has 0 fully saturated rings. The summed E-state index contributed by atoms with van der Waals surface area (Å²) < 4.78 is 0. The first-order valence-electron chi connectivity index (χ1n) is 5.55. The zero-order valence-electron chi connectivity index (χ0n) is 9.89. The van der Waals surface area contributed by atoms with E-state index < -0.39 is 5.97 Å². The van der Waals surface area contributed by atoms with Gasteiger partial charge < -0.3 is 5.11 Å². The van der Waals surface area contributed by atoms with Crippen LogP contribution in [0, 0.1) is 0 Å². The number of hydrogen-bond donors (Lipinski definition) is 1. The summed E-state index contributed by atoms with van der Waals surface area (Å²) in [6, 6.07) is 10.5. The molecule has 0 radical (unpaired) electrons. The van der Waals surface area contributed by atoms with E-state index in [2.05, 4.69) is 24.0 Å². The highest BCUT2D eigenvalue weighted by atomic mass is 16.4. The van der Waals surface area contributed by atoms with E-state index in [1.54, 1.807) is 0 Å². The molecule has 0 aromatic heterocycles. The van der Waals surface area contributed by atoms with Crippen molar-refractivity contribution in [2.75, 3.05) is 7.05 Å². The Bertz CT molecular complexity index is 324. The van der Waals surface area contributed by atoms with Crippen LogP contribution in [0.3, 0.4) is 0 Å². The van der Waals surface area contributed by atoms with Crippen molar-refractivity contribution in [3.8, 4) is 0 Å². The molecule has 3 nitrogen and oxygen atoms in total. The average molecular weight is 221 g/mol. The second kappa shape index (κ2) is 6.28. The number of carbonyl (C=O) groups is 1. The van der Waals surface area contributed by atoms with Crippen LogP contribution >= 0.6 is 0 Å². The van der Waals surface area contributed by atoms with Gasteiger partial charge in [0.25, 0.3) is 0 Å². The molecule has 1 aromatic carbocycles. The molecule has 0 aliphatic heterocycles. The van der Waals surface area contributed by atoms with Gasteiger partial charge >= 0.3 is 5.97 Å². The second-order valence-electron chi connectivity index (χ2n) is 4.18. The molecule has 1 rings (SSSR count). The number of rotatable bonds is 6. The molecule has 1 atom stereocenters. The summed E-state index contributed by atoms with van der Waals surface area (Å²) in [7, 11) is 2.03. The summed E-state index contributed by atoms with van der Waals surface area (Å²) in [5, 5.41) is 8.62. The topological polar surface area (TPSA) is 40.5 Å². The van der Waals surface area contributed by atoms with Gasteiger partial charge in [0.1, 0.15) is 0 Å². The molecule has 0 saturated heterocycles. The molecule has 0 saturated carbocycles. The fourth-order valence-electron chi connectivity index (χ4n) is 1.58. The highest BCUT2D eigenvalue weighted by molar-refractivity contribution is 5.66. The van der Waals surface area contributed by atoms with Crippen LogP contribution in [0.15, 0.2) is 30.3 Å². The third-order valence-electron chi connectivity index (χ3n) is 2.80. The van der Waals surface area contributed by atoms with E-state index in [9.17, 15) is 4.79 Å². The number of benzene rings is 1. The zero-order valence-corrected chi connectivity index (χ0v) is 9.89. The van der Waals surface area contributed by atoms with E-state index >= 15 is 0 Å². The lowest BCUT2D eigenvalue weighted by molar-refractivity contribution is -0.137. The first kappa shape index (κ1) is 12.7. The third-order valence-corrected chi connectivity index (χ3v) is 2.80. The predicted octanol–water partition coefficient (Wildman–Crippen LogP) is 2.37. The molecule has 88 valence electrons.